The number of sulfonamides is 1. The summed E-state index contributed by atoms with van der Waals surface area (Å²) in [4.78, 5) is 0.0252. The van der Waals surface area contributed by atoms with E-state index in [0.29, 0.717) is 4.47 Å². The van der Waals surface area contributed by atoms with Crippen LogP contribution in [0.3, 0.4) is 0 Å². The first-order valence-corrected chi connectivity index (χ1v) is 8.68. The highest BCUT2D eigenvalue weighted by Gasteiger charge is 2.44. The molecule has 2 rings (SSSR count). The molecule has 0 aromatic heterocycles. The van der Waals surface area contributed by atoms with E-state index in [2.05, 4.69) is 15.9 Å². The number of benzene rings is 1. The van der Waals surface area contributed by atoms with Gasteiger partial charge in [-0.2, -0.15) is 17.5 Å². The van der Waals surface area contributed by atoms with Gasteiger partial charge in [-0.05, 0) is 43.5 Å². The lowest BCUT2D eigenvalue weighted by Crippen LogP contribution is -2.44. The predicted octanol–water partition coefficient (Wildman–Crippen LogP) is 3.72. The molecule has 1 unspecified atom stereocenters. The summed E-state index contributed by atoms with van der Waals surface area (Å²) in [6.45, 7) is 1.36. The van der Waals surface area contributed by atoms with Crippen LogP contribution in [0.5, 0.6) is 0 Å². The summed E-state index contributed by atoms with van der Waals surface area (Å²) in [5, 5.41) is 0. The molecule has 0 aliphatic carbocycles. The Bertz CT molecular complexity index is 611. The summed E-state index contributed by atoms with van der Waals surface area (Å²) >= 11 is 3.21. The third-order valence-corrected chi connectivity index (χ3v) is 5.80. The van der Waals surface area contributed by atoms with Crippen molar-refractivity contribution in [3.05, 3.63) is 28.2 Å². The van der Waals surface area contributed by atoms with Gasteiger partial charge < -0.3 is 0 Å². The number of hydrogen-bond donors (Lipinski definition) is 0. The van der Waals surface area contributed by atoms with Gasteiger partial charge in [0.05, 0.1) is 10.8 Å². The van der Waals surface area contributed by atoms with E-state index in [0.717, 1.165) is 9.87 Å². The number of aryl methyl sites for hydroxylation is 1. The third kappa shape index (κ3) is 3.78. The molecule has 1 aliphatic heterocycles. The minimum absolute atomic E-state index is 0.0208. The van der Waals surface area contributed by atoms with E-state index >= 15 is 0 Å². The molecule has 3 nitrogen and oxygen atoms in total. The standard InChI is InChI=1S/C13H15BrF3NO2S/c1-9-5-11(14)7-12(6-9)21(19,20)18-4-2-3-10(8-18)13(15,16)17/h5-7,10H,2-4,8H2,1H3. The molecule has 0 amide bonds. The maximum absolute atomic E-state index is 12.8. The highest BCUT2D eigenvalue weighted by Crippen LogP contribution is 2.35. The molecule has 1 atom stereocenters. The predicted molar refractivity (Wildman–Crippen MR) is 76.4 cm³/mol. The van der Waals surface area contributed by atoms with Crippen molar-refractivity contribution < 1.29 is 21.6 Å². The normalized spacial score (nSPS) is 21.5. The topological polar surface area (TPSA) is 37.4 Å². The van der Waals surface area contributed by atoms with Crippen LogP contribution >= 0.6 is 15.9 Å². The quantitative estimate of drug-likeness (QED) is 0.777. The Morgan fingerprint density at radius 2 is 1.95 bits per heavy atom. The van der Waals surface area contributed by atoms with Gasteiger partial charge in [-0.25, -0.2) is 8.42 Å². The Morgan fingerprint density at radius 1 is 1.29 bits per heavy atom. The van der Waals surface area contributed by atoms with Crippen LogP contribution < -0.4 is 0 Å². The minimum Gasteiger partial charge on any atom is -0.207 e. The Labute approximate surface area is 130 Å². The highest BCUT2D eigenvalue weighted by atomic mass is 79.9. The van der Waals surface area contributed by atoms with Crippen molar-refractivity contribution in [3.8, 4) is 0 Å². The zero-order valence-electron chi connectivity index (χ0n) is 11.3. The number of hydrogen-bond acceptors (Lipinski definition) is 2. The molecule has 0 spiro atoms. The van der Waals surface area contributed by atoms with Crippen LogP contribution in [0.1, 0.15) is 18.4 Å². The van der Waals surface area contributed by atoms with Crippen LogP contribution in [-0.4, -0.2) is 32.0 Å². The average Bonchev–Trinajstić information content (AvgIpc) is 2.36. The molecule has 1 heterocycles. The first-order valence-electron chi connectivity index (χ1n) is 6.45. The van der Waals surface area contributed by atoms with Gasteiger partial charge >= 0.3 is 6.18 Å². The van der Waals surface area contributed by atoms with Crippen LogP contribution in [0.25, 0.3) is 0 Å². The van der Waals surface area contributed by atoms with Gasteiger partial charge in [-0.1, -0.05) is 15.9 Å². The van der Waals surface area contributed by atoms with Crippen molar-refractivity contribution in [2.75, 3.05) is 13.1 Å². The molecular weight excluding hydrogens is 371 g/mol. The van der Waals surface area contributed by atoms with Gasteiger partial charge in [0.1, 0.15) is 0 Å². The number of nitrogens with zero attached hydrogens (tertiary/aromatic N) is 1. The molecule has 0 bridgehead atoms. The molecule has 0 N–H and O–H groups in total. The summed E-state index contributed by atoms with van der Waals surface area (Å²) < 4.78 is 64.9. The number of rotatable bonds is 2. The van der Waals surface area contributed by atoms with Gasteiger partial charge in [-0.3, -0.25) is 0 Å². The Kier molecular flexibility index (Phi) is 4.70. The molecule has 21 heavy (non-hydrogen) atoms. The van der Waals surface area contributed by atoms with Gasteiger partial charge in [0.2, 0.25) is 10.0 Å². The van der Waals surface area contributed by atoms with Crippen molar-refractivity contribution in [3.63, 3.8) is 0 Å². The fraction of sp³-hybridized carbons (Fsp3) is 0.538. The Morgan fingerprint density at radius 3 is 2.52 bits per heavy atom. The smallest absolute Gasteiger partial charge is 0.207 e. The largest absolute Gasteiger partial charge is 0.393 e. The van der Waals surface area contributed by atoms with Gasteiger partial charge in [0, 0.05) is 17.6 Å². The lowest BCUT2D eigenvalue weighted by Gasteiger charge is -2.33. The van der Waals surface area contributed by atoms with Crippen LogP contribution in [0.15, 0.2) is 27.6 Å². The Balaban J connectivity index is 2.31. The second-order valence-electron chi connectivity index (χ2n) is 5.21. The summed E-state index contributed by atoms with van der Waals surface area (Å²) in [7, 11) is -3.90. The molecule has 1 aromatic rings. The summed E-state index contributed by atoms with van der Waals surface area (Å²) in [6, 6.07) is 4.63. The van der Waals surface area contributed by atoms with Crippen molar-refractivity contribution in [2.24, 2.45) is 5.92 Å². The van der Waals surface area contributed by atoms with E-state index in [1.807, 2.05) is 0 Å². The number of piperidine rings is 1. The summed E-state index contributed by atoms with van der Waals surface area (Å²) in [5.41, 5.74) is 0.729. The van der Waals surface area contributed by atoms with Crippen LogP contribution in [0, 0.1) is 12.8 Å². The minimum atomic E-state index is -4.36. The van der Waals surface area contributed by atoms with Crippen LogP contribution in [0.4, 0.5) is 13.2 Å². The zero-order valence-corrected chi connectivity index (χ0v) is 13.7. The molecule has 1 saturated heterocycles. The van der Waals surface area contributed by atoms with Gasteiger partial charge in [0.25, 0.3) is 0 Å². The van der Waals surface area contributed by atoms with Crippen molar-refractivity contribution in [1.82, 2.24) is 4.31 Å². The SMILES string of the molecule is Cc1cc(Br)cc(S(=O)(=O)N2CCCC(C(F)(F)F)C2)c1. The van der Waals surface area contributed by atoms with Crippen molar-refractivity contribution in [1.29, 1.82) is 0 Å². The lowest BCUT2D eigenvalue weighted by atomic mass is 9.99. The molecule has 1 fully saturated rings. The van der Waals surface area contributed by atoms with Crippen molar-refractivity contribution >= 4 is 26.0 Å². The van der Waals surface area contributed by atoms with E-state index < -0.39 is 28.7 Å². The second-order valence-corrected chi connectivity index (χ2v) is 8.06. The monoisotopic (exact) mass is 385 g/mol. The molecule has 1 aromatic carbocycles. The molecular formula is C13H15BrF3NO2S. The Hall–Kier alpha value is -0.600. The van der Waals surface area contributed by atoms with Gasteiger partial charge in [0.15, 0.2) is 0 Å². The van der Waals surface area contributed by atoms with Gasteiger partial charge in [-0.15, -0.1) is 0 Å². The van der Waals surface area contributed by atoms with Crippen molar-refractivity contribution in [2.45, 2.75) is 30.8 Å². The van der Waals surface area contributed by atoms with E-state index in [9.17, 15) is 21.6 Å². The summed E-state index contributed by atoms with van der Waals surface area (Å²) in [6.07, 6.45) is -4.16. The van der Waals surface area contributed by atoms with E-state index in [1.54, 1.807) is 13.0 Å². The number of halogens is 4. The number of alkyl halides is 3. The molecule has 118 valence electrons. The van der Waals surface area contributed by atoms with Crippen LogP contribution in [-0.2, 0) is 10.0 Å². The van der Waals surface area contributed by atoms with E-state index in [4.69, 9.17) is 0 Å². The first kappa shape index (κ1) is 16.8. The third-order valence-electron chi connectivity index (χ3n) is 3.50. The average molecular weight is 386 g/mol. The van der Waals surface area contributed by atoms with E-state index in [1.165, 1.54) is 12.1 Å². The van der Waals surface area contributed by atoms with Crippen LogP contribution in [0.2, 0.25) is 0 Å². The first-order chi connectivity index (χ1) is 9.60. The zero-order chi connectivity index (χ0) is 15.8. The van der Waals surface area contributed by atoms with E-state index in [-0.39, 0.29) is 24.3 Å². The maximum Gasteiger partial charge on any atom is 0.393 e. The molecule has 0 saturated carbocycles. The highest BCUT2D eigenvalue weighted by molar-refractivity contribution is 9.10. The molecule has 8 heteroatoms. The lowest BCUT2D eigenvalue weighted by molar-refractivity contribution is -0.182. The summed E-state index contributed by atoms with van der Waals surface area (Å²) in [5.74, 6) is -1.59. The molecule has 0 radical (unpaired) electrons. The fourth-order valence-corrected chi connectivity index (χ4v) is 4.84. The fourth-order valence-electron chi connectivity index (χ4n) is 2.43. The second kappa shape index (κ2) is 5.89. The molecule has 1 aliphatic rings. The maximum atomic E-state index is 12.8.